The fraction of sp³-hybridized carbons (Fsp3) is 1.00. The summed E-state index contributed by atoms with van der Waals surface area (Å²) >= 11 is 0. The Morgan fingerprint density at radius 1 is 1.06 bits per heavy atom. The summed E-state index contributed by atoms with van der Waals surface area (Å²) in [6.45, 7) is 18.0. The van der Waals surface area contributed by atoms with Crippen LogP contribution in [0.2, 0.25) is 0 Å². The smallest absolute Gasteiger partial charge is 0.0522 e. The molecule has 0 aliphatic carbocycles. The highest BCUT2D eigenvalue weighted by atomic mass is 16.5. The minimum absolute atomic E-state index is 0.311. The van der Waals surface area contributed by atoms with Crippen LogP contribution in [0.1, 0.15) is 67.7 Å². The normalized spacial score (nSPS) is 16.5. The van der Waals surface area contributed by atoms with E-state index in [4.69, 9.17) is 4.74 Å². The zero-order chi connectivity index (χ0) is 12.8. The van der Waals surface area contributed by atoms with Gasteiger partial charge in [0.15, 0.2) is 0 Å². The van der Waals surface area contributed by atoms with Crippen LogP contribution in [-0.2, 0) is 4.74 Å². The maximum atomic E-state index is 5.85. The second kappa shape index (κ2) is 6.64. The molecule has 0 rings (SSSR count). The zero-order valence-electron chi connectivity index (χ0n) is 12.5. The van der Waals surface area contributed by atoms with Crippen LogP contribution < -0.4 is 0 Å². The molecule has 0 aromatic carbocycles. The van der Waals surface area contributed by atoms with Crippen molar-refractivity contribution in [2.24, 2.45) is 16.7 Å². The molecule has 0 aliphatic rings. The monoisotopic (exact) mass is 228 g/mol. The van der Waals surface area contributed by atoms with Gasteiger partial charge in [0.2, 0.25) is 0 Å². The van der Waals surface area contributed by atoms with E-state index in [1.54, 1.807) is 0 Å². The fourth-order valence-electron chi connectivity index (χ4n) is 2.19. The third kappa shape index (κ3) is 6.52. The lowest BCUT2D eigenvalue weighted by Gasteiger charge is -2.39. The Hall–Kier alpha value is -0.0400. The van der Waals surface area contributed by atoms with E-state index in [9.17, 15) is 0 Å². The summed E-state index contributed by atoms with van der Waals surface area (Å²) < 4.78 is 5.85. The Morgan fingerprint density at radius 3 is 2.00 bits per heavy atom. The van der Waals surface area contributed by atoms with Crippen molar-refractivity contribution in [3.8, 4) is 0 Å². The summed E-state index contributed by atoms with van der Waals surface area (Å²) in [7, 11) is 0. The van der Waals surface area contributed by atoms with Crippen LogP contribution in [-0.4, -0.2) is 13.2 Å². The molecule has 1 atom stereocenters. The second-order valence-corrected chi connectivity index (χ2v) is 6.95. The second-order valence-electron chi connectivity index (χ2n) is 6.95. The standard InChI is InChI=1S/C15H32O/c1-8-9-10-16-12-15(7,13(2)3)11-14(4,5)6/h13H,8-12H2,1-7H3. The van der Waals surface area contributed by atoms with Crippen molar-refractivity contribution < 1.29 is 4.74 Å². The van der Waals surface area contributed by atoms with Crippen LogP contribution >= 0.6 is 0 Å². The summed E-state index contributed by atoms with van der Waals surface area (Å²) in [5.74, 6) is 0.674. The van der Waals surface area contributed by atoms with Crippen molar-refractivity contribution in [2.75, 3.05) is 13.2 Å². The molecule has 0 radical (unpaired) electrons. The van der Waals surface area contributed by atoms with Crippen molar-refractivity contribution in [3.05, 3.63) is 0 Å². The Morgan fingerprint density at radius 2 is 1.62 bits per heavy atom. The Balaban J connectivity index is 4.23. The van der Waals surface area contributed by atoms with Gasteiger partial charge in [0, 0.05) is 6.61 Å². The zero-order valence-corrected chi connectivity index (χ0v) is 12.5. The molecule has 0 aromatic rings. The largest absolute Gasteiger partial charge is 0.381 e. The highest BCUT2D eigenvalue weighted by Gasteiger charge is 2.33. The minimum Gasteiger partial charge on any atom is -0.381 e. The maximum Gasteiger partial charge on any atom is 0.0522 e. The molecule has 0 fully saturated rings. The van der Waals surface area contributed by atoms with Crippen LogP contribution in [0.4, 0.5) is 0 Å². The average molecular weight is 228 g/mol. The van der Waals surface area contributed by atoms with Crippen molar-refractivity contribution in [3.63, 3.8) is 0 Å². The molecule has 0 bridgehead atoms. The van der Waals surface area contributed by atoms with E-state index in [-0.39, 0.29) is 0 Å². The van der Waals surface area contributed by atoms with Gasteiger partial charge in [-0.05, 0) is 29.6 Å². The van der Waals surface area contributed by atoms with Crippen molar-refractivity contribution >= 4 is 0 Å². The number of unbranched alkanes of at least 4 members (excludes halogenated alkanes) is 1. The molecule has 0 amide bonds. The average Bonchev–Trinajstić information content (AvgIpc) is 2.09. The lowest BCUT2D eigenvalue weighted by molar-refractivity contribution is 0.000106. The molecule has 1 heteroatoms. The lowest BCUT2D eigenvalue weighted by Crippen LogP contribution is -2.34. The molecule has 98 valence electrons. The molecular weight excluding hydrogens is 196 g/mol. The van der Waals surface area contributed by atoms with Crippen LogP contribution in [0.15, 0.2) is 0 Å². The van der Waals surface area contributed by atoms with Gasteiger partial charge < -0.3 is 4.74 Å². The molecule has 1 unspecified atom stereocenters. The number of ether oxygens (including phenoxy) is 1. The van der Waals surface area contributed by atoms with E-state index in [1.807, 2.05) is 0 Å². The van der Waals surface area contributed by atoms with Crippen LogP contribution in [0, 0.1) is 16.7 Å². The predicted molar refractivity (Wildman–Crippen MR) is 72.7 cm³/mol. The predicted octanol–water partition coefficient (Wildman–Crippen LogP) is 4.90. The van der Waals surface area contributed by atoms with Crippen molar-refractivity contribution in [2.45, 2.75) is 67.7 Å². The van der Waals surface area contributed by atoms with Gasteiger partial charge in [0.1, 0.15) is 0 Å². The van der Waals surface area contributed by atoms with Crippen LogP contribution in [0.25, 0.3) is 0 Å². The number of rotatable bonds is 7. The quantitative estimate of drug-likeness (QED) is 0.563. The molecule has 0 aliphatic heterocycles. The first-order valence-corrected chi connectivity index (χ1v) is 6.79. The van der Waals surface area contributed by atoms with Crippen molar-refractivity contribution in [1.29, 1.82) is 0 Å². The topological polar surface area (TPSA) is 9.23 Å². The summed E-state index contributed by atoms with van der Waals surface area (Å²) in [6.07, 6.45) is 3.63. The molecule has 0 saturated carbocycles. The van der Waals surface area contributed by atoms with Gasteiger partial charge in [-0.2, -0.15) is 0 Å². The van der Waals surface area contributed by atoms with Gasteiger partial charge in [-0.3, -0.25) is 0 Å². The maximum absolute atomic E-state index is 5.85. The molecule has 0 N–H and O–H groups in total. The molecular formula is C15H32O. The van der Waals surface area contributed by atoms with Gasteiger partial charge >= 0.3 is 0 Å². The first-order chi connectivity index (χ1) is 7.21. The van der Waals surface area contributed by atoms with Gasteiger partial charge in [0.25, 0.3) is 0 Å². The first kappa shape index (κ1) is 16.0. The Kier molecular flexibility index (Phi) is 6.62. The van der Waals surface area contributed by atoms with E-state index in [1.165, 1.54) is 19.3 Å². The highest BCUT2D eigenvalue weighted by Crippen LogP contribution is 2.39. The Bertz CT molecular complexity index is 178. The molecule has 0 spiro atoms. The van der Waals surface area contributed by atoms with Crippen LogP contribution in [0.3, 0.4) is 0 Å². The third-order valence-corrected chi connectivity index (χ3v) is 3.40. The van der Waals surface area contributed by atoms with Gasteiger partial charge in [-0.1, -0.05) is 54.9 Å². The van der Waals surface area contributed by atoms with E-state index >= 15 is 0 Å². The summed E-state index contributed by atoms with van der Waals surface area (Å²) in [6, 6.07) is 0. The SMILES string of the molecule is CCCCOCC(C)(CC(C)(C)C)C(C)C. The lowest BCUT2D eigenvalue weighted by atomic mass is 9.69. The van der Waals surface area contributed by atoms with Gasteiger partial charge in [-0.25, -0.2) is 0 Å². The summed E-state index contributed by atoms with van der Waals surface area (Å²) in [4.78, 5) is 0. The molecule has 0 heterocycles. The van der Waals surface area contributed by atoms with Crippen LogP contribution in [0.5, 0.6) is 0 Å². The summed E-state index contributed by atoms with van der Waals surface area (Å²) in [5.41, 5.74) is 0.694. The van der Waals surface area contributed by atoms with Crippen molar-refractivity contribution in [1.82, 2.24) is 0 Å². The third-order valence-electron chi connectivity index (χ3n) is 3.40. The molecule has 0 aromatic heterocycles. The van der Waals surface area contributed by atoms with Gasteiger partial charge in [-0.15, -0.1) is 0 Å². The highest BCUT2D eigenvalue weighted by molar-refractivity contribution is 4.82. The minimum atomic E-state index is 0.311. The number of hydrogen-bond acceptors (Lipinski definition) is 1. The first-order valence-electron chi connectivity index (χ1n) is 6.79. The Labute approximate surface area is 103 Å². The van der Waals surface area contributed by atoms with Gasteiger partial charge in [0.05, 0.1) is 6.61 Å². The molecule has 1 nitrogen and oxygen atoms in total. The molecule has 0 saturated heterocycles. The van der Waals surface area contributed by atoms with E-state index in [2.05, 4.69) is 48.5 Å². The van der Waals surface area contributed by atoms with E-state index < -0.39 is 0 Å². The van der Waals surface area contributed by atoms with E-state index in [0.29, 0.717) is 16.7 Å². The number of hydrogen-bond donors (Lipinski definition) is 0. The summed E-state index contributed by atoms with van der Waals surface area (Å²) in [5, 5.41) is 0. The molecule has 16 heavy (non-hydrogen) atoms. The fourth-order valence-corrected chi connectivity index (χ4v) is 2.19. The van der Waals surface area contributed by atoms with E-state index in [0.717, 1.165) is 13.2 Å².